The molecule has 1 atom stereocenters. The van der Waals surface area contributed by atoms with Gasteiger partial charge in [0.05, 0.1) is 11.3 Å². The van der Waals surface area contributed by atoms with Crippen LogP contribution in [0.15, 0.2) is 12.3 Å². The summed E-state index contributed by atoms with van der Waals surface area (Å²) in [6.07, 6.45) is 4.96. The number of hydrogen-bond donors (Lipinski definition) is 1. The predicted octanol–water partition coefficient (Wildman–Crippen LogP) is 1.52. The molecule has 1 aliphatic rings. The first-order chi connectivity index (χ1) is 8.73. The fourth-order valence-corrected chi connectivity index (χ4v) is 2.50. The second-order valence-corrected chi connectivity index (χ2v) is 4.85. The lowest BCUT2D eigenvalue weighted by Crippen LogP contribution is -2.45. The average Bonchev–Trinajstić information content (AvgIpc) is 2.77. The number of aryl methyl sites for hydroxylation is 1. The summed E-state index contributed by atoms with van der Waals surface area (Å²) in [5, 5.41) is 14.8. The van der Waals surface area contributed by atoms with Crippen molar-refractivity contribution in [2.24, 2.45) is 0 Å². The van der Waals surface area contributed by atoms with E-state index in [9.17, 15) is 5.11 Å². The number of aliphatic hydroxyl groups is 1. The first-order valence-corrected chi connectivity index (χ1v) is 6.47. The molecular weight excluding hydrogens is 232 g/mol. The van der Waals surface area contributed by atoms with E-state index in [4.69, 9.17) is 9.47 Å². The summed E-state index contributed by atoms with van der Waals surface area (Å²) in [5.41, 5.74) is 0.437. The maximum absolute atomic E-state index is 10.5. The van der Waals surface area contributed by atoms with E-state index in [0.717, 1.165) is 37.9 Å². The molecule has 1 unspecified atom stereocenters. The third-order valence-corrected chi connectivity index (χ3v) is 3.85. The van der Waals surface area contributed by atoms with Crippen molar-refractivity contribution in [2.75, 3.05) is 20.8 Å². The number of ether oxygens (including phenoxy) is 2. The Labute approximate surface area is 108 Å². The van der Waals surface area contributed by atoms with Crippen LogP contribution in [0.1, 0.15) is 37.5 Å². The lowest BCUT2D eigenvalue weighted by molar-refractivity contribution is -0.154. The van der Waals surface area contributed by atoms with E-state index in [2.05, 4.69) is 5.10 Å². The smallest absolute Gasteiger partial charge is 0.124 e. The quantitative estimate of drug-likeness (QED) is 0.750. The van der Waals surface area contributed by atoms with E-state index in [1.165, 1.54) is 0 Å². The van der Waals surface area contributed by atoms with Crippen molar-refractivity contribution in [3.63, 3.8) is 0 Å². The summed E-state index contributed by atoms with van der Waals surface area (Å²) >= 11 is 0. The van der Waals surface area contributed by atoms with Gasteiger partial charge in [0.25, 0.3) is 0 Å². The molecule has 1 aromatic rings. The summed E-state index contributed by atoms with van der Waals surface area (Å²) in [6, 6.07) is 1.87. The van der Waals surface area contributed by atoms with Gasteiger partial charge < -0.3 is 14.6 Å². The summed E-state index contributed by atoms with van der Waals surface area (Å²) in [7, 11) is 3.36. The van der Waals surface area contributed by atoms with Crippen LogP contribution in [0.25, 0.3) is 0 Å². The van der Waals surface area contributed by atoms with Crippen LogP contribution in [0.2, 0.25) is 0 Å². The van der Waals surface area contributed by atoms with E-state index < -0.39 is 11.7 Å². The Kier molecular flexibility index (Phi) is 4.37. The Morgan fingerprint density at radius 1 is 1.50 bits per heavy atom. The van der Waals surface area contributed by atoms with E-state index in [1.54, 1.807) is 20.4 Å². The van der Waals surface area contributed by atoms with E-state index in [1.807, 2.05) is 10.7 Å². The van der Waals surface area contributed by atoms with E-state index in [-0.39, 0.29) is 0 Å². The van der Waals surface area contributed by atoms with Gasteiger partial charge in [-0.1, -0.05) is 0 Å². The van der Waals surface area contributed by atoms with Crippen LogP contribution in [0.4, 0.5) is 0 Å². The van der Waals surface area contributed by atoms with Gasteiger partial charge in [-0.2, -0.15) is 5.10 Å². The van der Waals surface area contributed by atoms with Crippen LogP contribution in [-0.4, -0.2) is 41.3 Å². The van der Waals surface area contributed by atoms with Crippen molar-refractivity contribution >= 4 is 0 Å². The molecule has 102 valence electrons. The van der Waals surface area contributed by atoms with Gasteiger partial charge in [-0.05, 0) is 31.7 Å². The third kappa shape index (κ3) is 2.43. The highest BCUT2D eigenvalue weighted by Crippen LogP contribution is 2.44. The molecule has 0 spiro atoms. The van der Waals surface area contributed by atoms with Crippen LogP contribution in [0.5, 0.6) is 0 Å². The fraction of sp³-hybridized carbons (Fsp3) is 0.769. The standard InChI is InChI=1S/C13H22N2O3/c1-17-10-4-9-15-11(5-8-14-15)12(16)13(18-2)6-3-7-13/h5,8,12,16H,3-4,6-7,9-10H2,1-2H3. The van der Waals surface area contributed by atoms with Crippen LogP contribution in [0.3, 0.4) is 0 Å². The summed E-state index contributed by atoms with van der Waals surface area (Å²) in [4.78, 5) is 0. The molecule has 1 aliphatic carbocycles. The van der Waals surface area contributed by atoms with Crippen molar-refractivity contribution in [2.45, 2.75) is 43.9 Å². The molecule has 0 amide bonds. The second-order valence-electron chi connectivity index (χ2n) is 4.85. The number of aliphatic hydroxyl groups excluding tert-OH is 1. The molecule has 0 saturated heterocycles. The van der Waals surface area contributed by atoms with Crippen molar-refractivity contribution in [1.82, 2.24) is 9.78 Å². The highest BCUT2D eigenvalue weighted by molar-refractivity contribution is 5.13. The van der Waals surface area contributed by atoms with Crippen molar-refractivity contribution in [1.29, 1.82) is 0 Å². The highest BCUT2D eigenvalue weighted by Gasteiger charge is 2.45. The average molecular weight is 254 g/mol. The molecule has 1 saturated carbocycles. The Morgan fingerprint density at radius 3 is 2.83 bits per heavy atom. The summed E-state index contributed by atoms with van der Waals surface area (Å²) < 4.78 is 12.4. The lowest BCUT2D eigenvalue weighted by Gasteiger charge is -2.44. The molecule has 0 aliphatic heterocycles. The molecular formula is C13H22N2O3. The first kappa shape index (κ1) is 13.5. The molecule has 1 fully saturated rings. The molecule has 0 radical (unpaired) electrons. The van der Waals surface area contributed by atoms with Crippen LogP contribution < -0.4 is 0 Å². The molecule has 1 N–H and O–H groups in total. The Morgan fingerprint density at radius 2 is 2.28 bits per heavy atom. The SMILES string of the molecule is COCCCn1nccc1C(O)C1(OC)CCC1. The molecule has 1 heterocycles. The Hall–Kier alpha value is -0.910. The van der Waals surface area contributed by atoms with Crippen LogP contribution in [0, 0.1) is 0 Å². The topological polar surface area (TPSA) is 56.5 Å². The van der Waals surface area contributed by atoms with Crippen molar-refractivity contribution in [3.8, 4) is 0 Å². The molecule has 5 nitrogen and oxygen atoms in total. The fourth-order valence-electron chi connectivity index (χ4n) is 2.50. The van der Waals surface area contributed by atoms with E-state index >= 15 is 0 Å². The van der Waals surface area contributed by atoms with E-state index in [0.29, 0.717) is 6.61 Å². The number of aromatic nitrogens is 2. The maximum Gasteiger partial charge on any atom is 0.124 e. The van der Waals surface area contributed by atoms with Crippen molar-refractivity contribution < 1.29 is 14.6 Å². The minimum absolute atomic E-state index is 0.404. The number of rotatable bonds is 7. The van der Waals surface area contributed by atoms with Gasteiger partial charge in [-0.3, -0.25) is 4.68 Å². The zero-order chi connectivity index (χ0) is 13.0. The lowest BCUT2D eigenvalue weighted by atomic mass is 9.75. The van der Waals surface area contributed by atoms with Gasteiger partial charge in [0.1, 0.15) is 6.10 Å². The molecule has 5 heteroatoms. The largest absolute Gasteiger partial charge is 0.385 e. The minimum atomic E-state index is -0.596. The number of nitrogens with zero attached hydrogens (tertiary/aromatic N) is 2. The number of methoxy groups -OCH3 is 2. The van der Waals surface area contributed by atoms with Gasteiger partial charge in [0, 0.05) is 33.6 Å². The third-order valence-electron chi connectivity index (χ3n) is 3.85. The molecule has 18 heavy (non-hydrogen) atoms. The van der Waals surface area contributed by atoms with Gasteiger partial charge in [-0.15, -0.1) is 0 Å². The zero-order valence-electron chi connectivity index (χ0n) is 11.1. The Bertz CT molecular complexity index is 369. The molecule has 0 bridgehead atoms. The first-order valence-electron chi connectivity index (χ1n) is 6.47. The number of hydrogen-bond acceptors (Lipinski definition) is 4. The molecule has 1 aromatic heterocycles. The van der Waals surface area contributed by atoms with Gasteiger partial charge in [0.15, 0.2) is 0 Å². The van der Waals surface area contributed by atoms with Gasteiger partial charge in [0.2, 0.25) is 0 Å². The van der Waals surface area contributed by atoms with Crippen LogP contribution >= 0.6 is 0 Å². The predicted molar refractivity (Wildman–Crippen MR) is 67.3 cm³/mol. The van der Waals surface area contributed by atoms with Gasteiger partial charge >= 0.3 is 0 Å². The van der Waals surface area contributed by atoms with Crippen molar-refractivity contribution in [3.05, 3.63) is 18.0 Å². The molecule has 0 aromatic carbocycles. The highest BCUT2D eigenvalue weighted by atomic mass is 16.5. The van der Waals surface area contributed by atoms with Gasteiger partial charge in [-0.25, -0.2) is 0 Å². The second kappa shape index (κ2) is 5.82. The normalized spacial score (nSPS) is 19.5. The maximum atomic E-state index is 10.5. The Balaban J connectivity index is 2.05. The van der Waals surface area contributed by atoms with Crippen LogP contribution in [-0.2, 0) is 16.0 Å². The monoisotopic (exact) mass is 254 g/mol. The minimum Gasteiger partial charge on any atom is -0.385 e. The summed E-state index contributed by atoms with van der Waals surface area (Å²) in [6.45, 7) is 1.46. The zero-order valence-corrected chi connectivity index (χ0v) is 11.1. The summed E-state index contributed by atoms with van der Waals surface area (Å²) in [5.74, 6) is 0. The molecule has 2 rings (SSSR count).